The van der Waals surface area contributed by atoms with E-state index in [1.54, 1.807) is 6.07 Å². The van der Waals surface area contributed by atoms with Gasteiger partial charge in [-0.25, -0.2) is 4.39 Å². The average Bonchev–Trinajstić information content (AvgIpc) is 2.72. The van der Waals surface area contributed by atoms with E-state index in [0.717, 1.165) is 41.6 Å². The summed E-state index contributed by atoms with van der Waals surface area (Å²) in [4.78, 5) is 0. The van der Waals surface area contributed by atoms with Gasteiger partial charge >= 0.3 is 0 Å². The van der Waals surface area contributed by atoms with Gasteiger partial charge in [0.05, 0.1) is 6.04 Å². The normalized spacial score (nSPS) is 12.5. The zero-order chi connectivity index (χ0) is 13.8. The third-order valence-corrected chi connectivity index (χ3v) is 3.41. The highest BCUT2D eigenvalue weighted by atomic mass is 19.1. The van der Waals surface area contributed by atoms with Crippen LogP contribution in [0.3, 0.4) is 0 Å². The molecule has 0 saturated heterocycles. The van der Waals surface area contributed by atoms with Gasteiger partial charge in [-0.3, -0.25) is 0 Å². The van der Waals surface area contributed by atoms with E-state index in [2.05, 4.69) is 11.2 Å². The van der Waals surface area contributed by atoms with E-state index in [-0.39, 0.29) is 11.9 Å². The van der Waals surface area contributed by atoms with Gasteiger partial charge in [-0.1, -0.05) is 0 Å². The summed E-state index contributed by atoms with van der Waals surface area (Å²) in [6.45, 7) is 1.96. The molecule has 1 atom stereocenters. The minimum atomic E-state index is -0.240. The van der Waals surface area contributed by atoms with Crippen LogP contribution in [0, 0.1) is 25.1 Å². The van der Waals surface area contributed by atoms with Gasteiger partial charge in [0.2, 0.25) is 0 Å². The Morgan fingerprint density at radius 1 is 1.47 bits per heavy atom. The minimum Gasteiger partial charge on any atom is -0.459 e. The van der Waals surface area contributed by atoms with Crippen LogP contribution < -0.4 is 5.32 Å². The Bertz CT molecular complexity index is 609. The Labute approximate surface area is 113 Å². The summed E-state index contributed by atoms with van der Waals surface area (Å²) in [5.41, 5.74) is 1.72. The average molecular weight is 259 g/mol. The van der Waals surface area contributed by atoms with Gasteiger partial charge in [-0.15, -0.1) is 12.3 Å². The Kier molecular flexibility index (Phi) is 4.24. The number of benzene rings is 1. The molecule has 0 aliphatic carbocycles. The van der Waals surface area contributed by atoms with E-state index >= 15 is 0 Å². The quantitative estimate of drug-likeness (QED) is 0.650. The largest absolute Gasteiger partial charge is 0.459 e. The van der Waals surface area contributed by atoms with Crippen LogP contribution in [0.25, 0.3) is 11.0 Å². The van der Waals surface area contributed by atoms with Crippen molar-refractivity contribution in [2.75, 3.05) is 7.05 Å². The first-order chi connectivity index (χ1) is 9.17. The summed E-state index contributed by atoms with van der Waals surface area (Å²) in [7, 11) is 1.90. The lowest BCUT2D eigenvalue weighted by Gasteiger charge is -2.13. The number of unbranched alkanes of at least 4 members (excludes halogenated alkanes) is 1. The summed E-state index contributed by atoms with van der Waals surface area (Å²) in [5.74, 6) is 3.27. The molecule has 2 rings (SSSR count). The van der Waals surface area contributed by atoms with Crippen LogP contribution in [0.5, 0.6) is 0 Å². The maximum Gasteiger partial charge on any atom is 0.134 e. The Morgan fingerprint density at radius 2 is 2.26 bits per heavy atom. The smallest absolute Gasteiger partial charge is 0.134 e. The molecular weight excluding hydrogens is 241 g/mol. The van der Waals surface area contributed by atoms with Crippen LogP contribution in [0.2, 0.25) is 0 Å². The van der Waals surface area contributed by atoms with Crippen molar-refractivity contribution in [1.29, 1.82) is 0 Å². The highest BCUT2D eigenvalue weighted by molar-refractivity contribution is 5.82. The molecule has 1 heterocycles. The number of fused-ring (bicyclic) bond motifs is 1. The van der Waals surface area contributed by atoms with Gasteiger partial charge in [0.25, 0.3) is 0 Å². The van der Waals surface area contributed by atoms with Crippen molar-refractivity contribution in [2.45, 2.75) is 32.2 Å². The van der Waals surface area contributed by atoms with Gasteiger partial charge < -0.3 is 9.73 Å². The lowest BCUT2D eigenvalue weighted by molar-refractivity contribution is 0.423. The number of rotatable bonds is 5. The van der Waals surface area contributed by atoms with Crippen molar-refractivity contribution in [3.05, 3.63) is 35.3 Å². The summed E-state index contributed by atoms with van der Waals surface area (Å²) < 4.78 is 19.1. The summed E-state index contributed by atoms with van der Waals surface area (Å²) in [6.07, 6.45) is 7.87. The molecule has 0 fully saturated rings. The molecule has 100 valence electrons. The highest BCUT2D eigenvalue weighted by Gasteiger charge is 2.18. The van der Waals surface area contributed by atoms with E-state index in [9.17, 15) is 4.39 Å². The highest BCUT2D eigenvalue weighted by Crippen LogP contribution is 2.31. The van der Waals surface area contributed by atoms with Crippen molar-refractivity contribution in [3.63, 3.8) is 0 Å². The number of aryl methyl sites for hydroxylation is 1. The van der Waals surface area contributed by atoms with E-state index in [0.29, 0.717) is 0 Å². The number of hydrogen-bond donors (Lipinski definition) is 1. The molecule has 1 aromatic carbocycles. The van der Waals surface area contributed by atoms with E-state index in [1.807, 2.05) is 14.0 Å². The molecule has 0 aliphatic rings. The molecule has 0 amide bonds. The number of nitrogens with one attached hydrogen (secondary N) is 1. The van der Waals surface area contributed by atoms with Crippen LogP contribution in [-0.4, -0.2) is 7.05 Å². The first-order valence-electron chi connectivity index (χ1n) is 6.46. The molecule has 0 aliphatic heterocycles. The van der Waals surface area contributed by atoms with Crippen molar-refractivity contribution < 1.29 is 8.81 Å². The van der Waals surface area contributed by atoms with E-state index in [1.165, 1.54) is 12.1 Å². The van der Waals surface area contributed by atoms with Gasteiger partial charge in [-0.2, -0.15) is 0 Å². The molecule has 0 saturated carbocycles. The van der Waals surface area contributed by atoms with Crippen molar-refractivity contribution in [1.82, 2.24) is 5.32 Å². The third-order valence-electron chi connectivity index (χ3n) is 3.41. The van der Waals surface area contributed by atoms with Crippen molar-refractivity contribution in [2.24, 2.45) is 0 Å². The zero-order valence-corrected chi connectivity index (χ0v) is 11.3. The molecule has 1 unspecified atom stereocenters. The molecule has 0 spiro atoms. The Balaban J connectivity index is 2.32. The maximum absolute atomic E-state index is 13.3. The fourth-order valence-electron chi connectivity index (χ4n) is 2.36. The maximum atomic E-state index is 13.3. The molecule has 0 radical (unpaired) electrons. The molecule has 2 aromatic rings. The molecule has 3 heteroatoms. The fraction of sp³-hybridized carbons (Fsp3) is 0.375. The first kappa shape index (κ1) is 13.6. The SMILES string of the molecule is C#CCCCC(NC)c1oc2ccc(F)cc2c1C. The predicted octanol–water partition coefficient (Wildman–Crippen LogP) is 3.94. The van der Waals surface area contributed by atoms with Crippen LogP contribution in [-0.2, 0) is 0 Å². The van der Waals surface area contributed by atoms with Gasteiger partial charge in [-0.05, 0) is 45.0 Å². The van der Waals surface area contributed by atoms with Gasteiger partial charge in [0, 0.05) is 17.4 Å². The van der Waals surface area contributed by atoms with Crippen LogP contribution in [0.15, 0.2) is 22.6 Å². The summed E-state index contributed by atoms with van der Waals surface area (Å²) in [5, 5.41) is 4.08. The summed E-state index contributed by atoms with van der Waals surface area (Å²) in [6, 6.07) is 4.73. The van der Waals surface area contributed by atoms with Crippen LogP contribution >= 0.6 is 0 Å². The molecule has 19 heavy (non-hydrogen) atoms. The second kappa shape index (κ2) is 5.90. The predicted molar refractivity (Wildman–Crippen MR) is 75.4 cm³/mol. The monoisotopic (exact) mass is 259 g/mol. The fourth-order valence-corrected chi connectivity index (χ4v) is 2.36. The number of terminal acetylenes is 1. The minimum absolute atomic E-state index is 0.115. The van der Waals surface area contributed by atoms with Gasteiger partial charge in [0.15, 0.2) is 0 Å². The van der Waals surface area contributed by atoms with Crippen LogP contribution in [0.4, 0.5) is 4.39 Å². The molecule has 2 nitrogen and oxygen atoms in total. The molecular formula is C16H18FNO. The second-order valence-corrected chi connectivity index (χ2v) is 4.67. The third kappa shape index (κ3) is 2.80. The molecule has 1 N–H and O–H groups in total. The standard InChI is InChI=1S/C16H18FNO/c1-4-5-6-7-14(18-3)16-11(2)13-10-12(17)8-9-15(13)19-16/h1,8-10,14,18H,5-7H2,2-3H3. The first-order valence-corrected chi connectivity index (χ1v) is 6.46. The topological polar surface area (TPSA) is 25.2 Å². The zero-order valence-electron chi connectivity index (χ0n) is 11.3. The van der Waals surface area contributed by atoms with Crippen LogP contribution in [0.1, 0.15) is 36.6 Å². The van der Waals surface area contributed by atoms with Crippen molar-refractivity contribution in [3.8, 4) is 12.3 Å². The van der Waals surface area contributed by atoms with E-state index < -0.39 is 0 Å². The lowest BCUT2D eigenvalue weighted by Crippen LogP contribution is -2.16. The lowest BCUT2D eigenvalue weighted by atomic mass is 10.0. The number of furan rings is 1. The number of hydrogen-bond acceptors (Lipinski definition) is 2. The Morgan fingerprint density at radius 3 is 2.95 bits per heavy atom. The second-order valence-electron chi connectivity index (χ2n) is 4.67. The van der Waals surface area contributed by atoms with Gasteiger partial charge in [0.1, 0.15) is 17.2 Å². The van der Waals surface area contributed by atoms with Crippen molar-refractivity contribution >= 4 is 11.0 Å². The molecule has 1 aromatic heterocycles. The van der Waals surface area contributed by atoms with E-state index in [4.69, 9.17) is 10.8 Å². The number of halogens is 1. The molecule has 0 bridgehead atoms. The Hall–Kier alpha value is -1.79. The summed E-state index contributed by atoms with van der Waals surface area (Å²) >= 11 is 0.